The average Bonchev–Trinajstić information content (AvgIpc) is 3.48. The highest BCUT2D eigenvalue weighted by atomic mass is 16.7. The van der Waals surface area contributed by atoms with E-state index in [0.29, 0.717) is 42.6 Å². The first-order valence-corrected chi connectivity index (χ1v) is 11.1. The minimum absolute atomic E-state index is 0.0351. The lowest BCUT2D eigenvalue weighted by Crippen LogP contribution is -2.36. The van der Waals surface area contributed by atoms with Gasteiger partial charge in [-0.1, -0.05) is 19.9 Å². The molecule has 2 unspecified atom stereocenters. The lowest BCUT2D eigenvalue weighted by molar-refractivity contribution is -0.133. The number of likely N-dealkylation sites (tertiary alicyclic amines) is 1. The third kappa shape index (κ3) is 4.69. The summed E-state index contributed by atoms with van der Waals surface area (Å²) in [7, 11) is 3.20. The van der Waals surface area contributed by atoms with Crippen molar-refractivity contribution in [1.29, 1.82) is 0 Å². The van der Waals surface area contributed by atoms with Gasteiger partial charge in [0.25, 0.3) is 0 Å². The Morgan fingerprint density at radius 2 is 1.85 bits per heavy atom. The van der Waals surface area contributed by atoms with E-state index in [2.05, 4.69) is 5.32 Å². The zero-order chi connectivity index (χ0) is 23.5. The molecule has 0 bridgehead atoms. The molecule has 4 rings (SSSR count). The topological polar surface area (TPSA) is 86.3 Å². The molecule has 2 amide bonds. The molecular weight excluding hydrogens is 424 g/mol. The number of rotatable bonds is 7. The molecule has 2 aliphatic rings. The number of fused-ring (bicyclic) bond motifs is 1. The van der Waals surface area contributed by atoms with E-state index in [9.17, 15) is 9.59 Å². The number of carbonyl (C=O) groups excluding carboxylic acids is 2. The summed E-state index contributed by atoms with van der Waals surface area (Å²) in [6.07, 6.45) is 0. The average molecular weight is 455 g/mol. The fourth-order valence-corrected chi connectivity index (χ4v) is 4.43. The summed E-state index contributed by atoms with van der Waals surface area (Å²) in [5.74, 6) is 1.89. The van der Waals surface area contributed by atoms with Gasteiger partial charge in [0.2, 0.25) is 18.6 Å². The number of carbonyl (C=O) groups is 2. The Balaban J connectivity index is 1.56. The van der Waals surface area contributed by atoms with E-state index in [-0.39, 0.29) is 30.4 Å². The predicted octanol–water partition coefficient (Wildman–Crippen LogP) is 2.95. The van der Waals surface area contributed by atoms with E-state index in [0.717, 1.165) is 11.1 Å². The Labute approximate surface area is 193 Å². The highest BCUT2D eigenvalue weighted by Gasteiger charge is 2.42. The van der Waals surface area contributed by atoms with Crippen molar-refractivity contribution in [1.82, 2.24) is 10.2 Å². The molecule has 8 heteroatoms. The molecule has 1 N–H and O–H groups in total. The van der Waals surface area contributed by atoms with Crippen molar-refractivity contribution in [3.8, 4) is 23.0 Å². The third-order valence-corrected chi connectivity index (χ3v) is 6.20. The normalized spacial score (nSPS) is 19.0. The Morgan fingerprint density at radius 1 is 1.06 bits per heavy atom. The second-order valence-electron chi connectivity index (χ2n) is 8.62. The SMILES string of the molecule is COc1ccc(OC)c(C2CN(C(=O)C(C)C)CC2C(=O)NCc2ccc3c(c2)OCO3)c1. The first-order chi connectivity index (χ1) is 15.9. The van der Waals surface area contributed by atoms with Crippen LogP contribution in [0.15, 0.2) is 36.4 Å². The van der Waals surface area contributed by atoms with Crippen molar-refractivity contribution in [2.45, 2.75) is 26.3 Å². The van der Waals surface area contributed by atoms with Gasteiger partial charge in [-0.2, -0.15) is 0 Å². The molecule has 176 valence electrons. The molecule has 33 heavy (non-hydrogen) atoms. The summed E-state index contributed by atoms with van der Waals surface area (Å²) in [4.78, 5) is 27.9. The van der Waals surface area contributed by atoms with Crippen molar-refractivity contribution in [3.63, 3.8) is 0 Å². The van der Waals surface area contributed by atoms with Crippen molar-refractivity contribution >= 4 is 11.8 Å². The molecule has 2 atom stereocenters. The Kier molecular flexibility index (Phi) is 6.62. The quantitative estimate of drug-likeness (QED) is 0.692. The van der Waals surface area contributed by atoms with Crippen LogP contribution in [0.3, 0.4) is 0 Å². The van der Waals surface area contributed by atoms with Crippen molar-refractivity contribution < 1.29 is 28.5 Å². The van der Waals surface area contributed by atoms with Crippen LogP contribution in [-0.4, -0.2) is 50.8 Å². The van der Waals surface area contributed by atoms with Crippen LogP contribution in [0.5, 0.6) is 23.0 Å². The summed E-state index contributed by atoms with van der Waals surface area (Å²) in [5.41, 5.74) is 1.77. The molecule has 2 aromatic carbocycles. The van der Waals surface area contributed by atoms with E-state index in [1.54, 1.807) is 19.1 Å². The Hall–Kier alpha value is -3.42. The number of hydrogen-bond acceptors (Lipinski definition) is 6. The van der Waals surface area contributed by atoms with Crippen LogP contribution >= 0.6 is 0 Å². The van der Waals surface area contributed by atoms with Gasteiger partial charge in [0.15, 0.2) is 11.5 Å². The number of nitrogens with zero attached hydrogens (tertiary/aromatic N) is 1. The standard InChI is InChI=1S/C25H30N2O6/c1-15(2)25(29)27-12-19(18-10-17(30-3)6-8-21(18)31-4)20(13-27)24(28)26-11-16-5-7-22-23(9-16)33-14-32-22/h5-10,15,19-20H,11-14H2,1-4H3,(H,26,28). The monoisotopic (exact) mass is 454 g/mol. The van der Waals surface area contributed by atoms with E-state index in [4.69, 9.17) is 18.9 Å². The van der Waals surface area contributed by atoms with Crippen LogP contribution in [0.4, 0.5) is 0 Å². The van der Waals surface area contributed by atoms with Crippen LogP contribution in [0.1, 0.15) is 30.9 Å². The third-order valence-electron chi connectivity index (χ3n) is 6.20. The number of methoxy groups -OCH3 is 2. The van der Waals surface area contributed by atoms with Gasteiger partial charge in [0.05, 0.1) is 20.1 Å². The zero-order valence-electron chi connectivity index (χ0n) is 19.4. The van der Waals surface area contributed by atoms with Crippen molar-refractivity contribution in [3.05, 3.63) is 47.5 Å². The number of nitrogens with one attached hydrogen (secondary N) is 1. The van der Waals surface area contributed by atoms with E-state index >= 15 is 0 Å². The second kappa shape index (κ2) is 9.60. The molecule has 0 saturated carbocycles. The van der Waals surface area contributed by atoms with E-state index in [1.165, 1.54) is 0 Å². The highest BCUT2D eigenvalue weighted by molar-refractivity contribution is 5.84. The Bertz CT molecular complexity index is 1040. The highest BCUT2D eigenvalue weighted by Crippen LogP contribution is 2.40. The van der Waals surface area contributed by atoms with Gasteiger partial charge in [0.1, 0.15) is 11.5 Å². The number of benzene rings is 2. The van der Waals surface area contributed by atoms with Crippen LogP contribution in [-0.2, 0) is 16.1 Å². The van der Waals surface area contributed by atoms with Gasteiger partial charge < -0.3 is 29.2 Å². The van der Waals surface area contributed by atoms with E-state index < -0.39 is 5.92 Å². The summed E-state index contributed by atoms with van der Waals surface area (Å²) >= 11 is 0. The van der Waals surface area contributed by atoms with E-state index in [1.807, 2.05) is 50.2 Å². The molecule has 1 fully saturated rings. The number of amides is 2. The largest absolute Gasteiger partial charge is 0.497 e. The molecule has 0 aromatic heterocycles. The maximum absolute atomic E-state index is 13.4. The van der Waals surface area contributed by atoms with Gasteiger partial charge in [-0.05, 0) is 35.9 Å². The van der Waals surface area contributed by atoms with Gasteiger partial charge in [0, 0.05) is 37.0 Å². The first-order valence-electron chi connectivity index (χ1n) is 11.1. The van der Waals surface area contributed by atoms with Crippen LogP contribution in [0, 0.1) is 11.8 Å². The fourth-order valence-electron chi connectivity index (χ4n) is 4.43. The van der Waals surface area contributed by atoms with Crippen molar-refractivity contribution in [2.24, 2.45) is 11.8 Å². The van der Waals surface area contributed by atoms with Crippen LogP contribution in [0.25, 0.3) is 0 Å². The zero-order valence-corrected chi connectivity index (χ0v) is 19.4. The van der Waals surface area contributed by atoms with Gasteiger partial charge >= 0.3 is 0 Å². The number of ether oxygens (including phenoxy) is 4. The molecule has 1 saturated heterocycles. The molecule has 2 aliphatic heterocycles. The molecule has 2 heterocycles. The van der Waals surface area contributed by atoms with Crippen LogP contribution < -0.4 is 24.3 Å². The lowest BCUT2D eigenvalue weighted by Gasteiger charge is -2.21. The summed E-state index contributed by atoms with van der Waals surface area (Å²) in [5, 5.41) is 3.04. The molecule has 8 nitrogen and oxygen atoms in total. The van der Waals surface area contributed by atoms with Crippen LogP contribution in [0.2, 0.25) is 0 Å². The predicted molar refractivity (Wildman–Crippen MR) is 122 cm³/mol. The lowest BCUT2D eigenvalue weighted by atomic mass is 9.87. The summed E-state index contributed by atoms with van der Waals surface area (Å²) in [6, 6.07) is 11.2. The van der Waals surface area contributed by atoms with Gasteiger partial charge in [-0.25, -0.2) is 0 Å². The first kappa shape index (κ1) is 22.8. The molecule has 0 aliphatic carbocycles. The van der Waals surface area contributed by atoms with Crippen molar-refractivity contribution in [2.75, 3.05) is 34.1 Å². The minimum atomic E-state index is -0.414. The fraction of sp³-hybridized carbons (Fsp3) is 0.440. The Morgan fingerprint density at radius 3 is 2.58 bits per heavy atom. The maximum atomic E-state index is 13.4. The summed E-state index contributed by atoms with van der Waals surface area (Å²) < 4.78 is 21.8. The van der Waals surface area contributed by atoms with Gasteiger partial charge in [-0.3, -0.25) is 9.59 Å². The van der Waals surface area contributed by atoms with Gasteiger partial charge in [-0.15, -0.1) is 0 Å². The minimum Gasteiger partial charge on any atom is -0.497 e. The molecule has 2 aromatic rings. The maximum Gasteiger partial charge on any atom is 0.231 e. The molecule has 0 spiro atoms. The summed E-state index contributed by atoms with van der Waals surface area (Å²) in [6.45, 7) is 5.10. The number of hydrogen-bond donors (Lipinski definition) is 1. The smallest absolute Gasteiger partial charge is 0.231 e. The molecule has 0 radical (unpaired) electrons. The second-order valence-corrected chi connectivity index (χ2v) is 8.62. The molecular formula is C25H30N2O6.